The number of nitrogens with zero attached hydrogens (tertiary/aromatic N) is 1. The number of aliphatic imine (C=N–C) groups is 1. The highest BCUT2D eigenvalue weighted by molar-refractivity contribution is 7.85. The van der Waals surface area contributed by atoms with Gasteiger partial charge in [0.1, 0.15) is 13.2 Å². The van der Waals surface area contributed by atoms with Gasteiger partial charge in [-0.3, -0.25) is 0 Å². The summed E-state index contributed by atoms with van der Waals surface area (Å²) in [4.78, 5) is 4.09. The zero-order valence-electron chi connectivity index (χ0n) is 9.74. The van der Waals surface area contributed by atoms with Gasteiger partial charge in [0.2, 0.25) is 3.79 Å². The number of halogens is 3. The van der Waals surface area contributed by atoms with Crippen molar-refractivity contribution in [2.75, 3.05) is 13.2 Å². The first-order valence-electron chi connectivity index (χ1n) is 5.02. The van der Waals surface area contributed by atoms with Gasteiger partial charge in [-0.1, -0.05) is 41.7 Å². The molecule has 1 aliphatic rings. The lowest BCUT2D eigenvalue weighted by molar-refractivity contribution is 0.256. The molecule has 18 heavy (non-hydrogen) atoms. The van der Waals surface area contributed by atoms with E-state index in [4.69, 9.17) is 39.5 Å². The van der Waals surface area contributed by atoms with E-state index in [9.17, 15) is 8.42 Å². The topological polar surface area (TPSA) is 77.0 Å². The molecule has 0 fully saturated rings. The summed E-state index contributed by atoms with van der Waals surface area (Å²) in [7, 11) is -4.12. The number of amidine groups is 1. The van der Waals surface area contributed by atoms with Crippen LogP contribution in [-0.2, 0) is 19.2 Å². The van der Waals surface area contributed by atoms with Crippen LogP contribution in [0.5, 0.6) is 0 Å². The average molecular weight is 340 g/mol. The first-order chi connectivity index (χ1) is 8.05. The second-order valence-electron chi connectivity index (χ2n) is 3.99. The molecule has 0 saturated heterocycles. The van der Waals surface area contributed by atoms with Crippen LogP contribution < -0.4 is 4.72 Å². The molecule has 0 saturated carbocycles. The summed E-state index contributed by atoms with van der Waals surface area (Å²) in [6.07, 6.45) is 0.716. The maximum Gasteiger partial charge on any atom is 0.363 e. The number of hydrogen-bond donors (Lipinski definition) is 1. The van der Waals surface area contributed by atoms with E-state index in [0.717, 1.165) is 0 Å². The molecule has 0 radical (unpaired) electrons. The van der Waals surface area contributed by atoms with Gasteiger partial charge in [-0.05, 0) is 13.3 Å². The molecule has 1 rings (SSSR count). The molecule has 0 aromatic carbocycles. The Morgan fingerprint density at radius 3 is 2.61 bits per heavy atom. The van der Waals surface area contributed by atoms with Crippen molar-refractivity contribution in [1.82, 2.24) is 4.72 Å². The molecule has 0 aromatic heterocycles. The van der Waals surface area contributed by atoms with Crippen molar-refractivity contribution >= 4 is 51.1 Å². The molecule has 1 aliphatic heterocycles. The Hall–Kier alpha value is 0.0500. The van der Waals surface area contributed by atoms with E-state index in [2.05, 4.69) is 9.18 Å². The Morgan fingerprint density at radius 1 is 1.56 bits per heavy atom. The minimum Gasteiger partial charge on any atom is -0.462 e. The van der Waals surface area contributed by atoms with E-state index in [1.165, 1.54) is 0 Å². The summed E-state index contributed by atoms with van der Waals surface area (Å²) in [6.45, 7) is 3.46. The van der Waals surface area contributed by atoms with Crippen molar-refractivity contribution in [3.8, 4) is 0 Å². The van der Waals surface area contributed by atoms with Gasteiger partial charge in [-0.2, -0.15) is 8.42 Å². The Morgan fingerprint density at radius 2 is 2.17 bits per heavy atom. The fraction of sp³-hybridized carbons (Fsp3) is 0.875. The molecule has 0 aromatic rings. The summed E-state index contributed by atoms with van der Waals surface area (Å²) in [6, 6.07) is -0.122. The van der Waals surface area contributed by atoms with Gasteiger partial charge in [0, 0.05) is 0 Å². The maximum absolute atomic E-state index is 11.5. The monoisotopic (exact) mass is 338 g/mol. The zero-order chi connectivity index (χ0) is 14.0. The lowest BCUT2D eigenvalue weighted by Crippen LogP contribution is -2.34. The van der Waals surface area contributed by atoms with Crippen molar-refractivity contribution in [2.24, 2.45) is 4.99 Å². The second-order valence-corrected chi connectivity index (χ2v) is 7.85. The third-order valence-electron chi connectivity index (χ3n) is 2.24. The van der Waals surface area contributed by atoms with E-state index < -0.39 is 26.2 Å². The van der Waals surface area contributed by atoms with Crippen LogP contribution in [0.4, 0.5) is 0 Å². The van der Waals surface area contributed by atoms with Crippen LogP contribution in [0.25, 0.3) is 0 Å². The third kappa shape index (κ3) is 5.36. The summed E-state index contributed by atoms with van der Waals surface area (Å²) >= 11 is 16.1. The molecule has 6 nitrogen and oxygen atoms in total. The molecule has 1 N–H and O–H groups in total. The van der Waals surface area contributed by atoms with Gasteiger partial charge in [0.15, 0.2) is 0 Å². The van der Waals surface area contributed by atoms with E-state index >= 15 is 0 Å². The largest absolute Gasteiger partial charge is 0.462 e. The van der Waals surface area contributed by atoms with Crippen LogP contribution in [0.15, 0.2) is 4.99 Å². The van der Waals surface area contributed by atoms with Gasteiger partial charge in [0.25, 0.3) is 0 Å². The smallest absolute Gasteiger partial charge is 0.363 e. The van der Waals surface area contributed by atoms with Crippen LogP contribution in [-0.4, -0.2) is 37.0 Å². The molecule has 0 amide bonds. The molecular weight excluding hydrogens is 327 g/mol. The Bertz CT molecular complexity index is 434. The highest BCUT2D eigenvalue weighted by Gasteiger charge is 2.32. The second kappa shape index (κ2) is 5.58. The highest BCUT2D eigenvalue weighted by atomic mass is 35.6. The fourth-order valence-electron chi connectivity index (χ4n) is 1.05. The minimum absolute atomic E-state index is 0.122. The van der Waals surface area contributed by atoms with Gasteiger partial charge in [-0.25, -0.2) is 13.9 Å². The van der Waals surface area contributed by atoms with Crippen molar-refractivity contribution in [1.29, 1.82) is 0 Å². The number of rotatable bonds is 4. The predicted octanol–water partition coefficient (Wildman–Crippen LogP) is 1.76. The Kier molecular flexibility index (Phi) is 4.99. The first-order valence-corrected chi connectivity index (χ1v) is 7.56. The zero-order valence-corrected chi connectivity index (χ0v) is 12.8. The normalized spacial score (nSPS) is 24.6. The summed E-state index contributed by atoms with van der Waals surface area (Å²) in [5, 5.41) is 0. The molecule has 106 valence electrons. The van der Waals surface area contributed by atoms with Gasteiger partial charge < -0.3 is 4.74 Å². The van der Waals surface area contributed by atoms with E-state index in [1.807, 2.05) is 18.6 Å². The van der Waals surface area contributed by atoms with Crippen molar-refractivity contribution in [2.45, 2.75) is 29.6 Å². The van der Waals surface area contributed by atoms with Crippen molar-refractivity contribution in [3.63, 3.8) is 0 Å². The van der Waals surface area contributed by atoms with E-state index in [1.54, 1.807) is 0 Å². The Balaban J connectivity index is 2.60. The molecule has 0 unspecified atom stereocenters. The number of hydrogen-bond acceptors (Lipinski definition) is 5. The first kappa shape index (κ1) is 16.1. The van der Waals surface area contributed by atoms with Crippen molar-refractivity contribution < 1.29 is 17.3 Å². The number of ether oxygens (including phenoxy) is 1. The molecule has 10 heteroatoms. The van der Waals surface area contributed by atoms with E-state index in [0.29, 0.717) is 13.0 Å². The van der Waals surface area contributed by atoms with Crippen LogP contribution in [0.2, 0.25) is 0 Å². The fourth-order valence-corrected chi connectivity index (χ4v) is 2.11. The summed E-state index contributed by atoms with van der Waals surface area (Å²) in [5.74, 6) is 0. The highest BCUT2D eigenvalue weighted by Crippen LogP contribution is 2.26. The molecule has 1 atom stereocenters. The van der Waals surface area contributed by atoms with Crippen LogP contribution in [0.3, 0.4) is 0 Å². The van der Waals surface area contributed by atoms with Crippen LogP contribution in [0, 0.1) is 0 Å². The molecule has 0 aliphatic carbocycles. The molecular formula is C8H13Cl3N2O4S. The summed E-state index contributed by atoms with van der Waals surface area (Å²) in [5.41, 5.74) is -0.437. The van der Waals surface area contributed by atoms with Crippen LogP contribution >= 0.6 is 34.8 Å². The lowest BCUT2D eigenvalue weighted by atomic mass is 10.0. The van der Waals surface area contributed by atoms with E-state index in [-0.39, 0.29) is 6.02 Å². The van der Waals surface area contributed by atoms with Gasteiger partial charge in [-0.15, -0.1) is 0 Å². The lowest BCUT2D eigenvalue weighted by Gasteiger charge is -2.13. The van der Waals surface area contributed by atoms with Gasteiger partial charge >= 0.3 is 16.3 Å². The predicted molar refractivity (Wildman–Crippen MR) is 70.4 cm³/mol. The number of alkyl halides is 3. The molecule has 1 heterocycles. The third-order valence-corrected chi connectivity index (χ3v) is 3.42. The quantitative estimate of drug-likeness (QED) is 0.792. The Labute approximate surface area is 121 Å². The maximum atomic E-state index is 11.5. The minimum atomic E-state index is -4.12. The average Bonchev–Trinajstić information content (AvgIpc) is 2.57. The SMILES string of the molecule is CC[C@]1(C)COC(NS(=O)(=O)OCC(Cl)(Cl)Cl)=N1. The van der Waals surface area contributed by atoms with Gasteiger partial charge in [0.05, 0.1) is 5.54 Å². The number of nitrogens with one attached hydrogen (secondary N) is 1. The molecule has 0 bridgehead atoms. The summed E-state index contributed by atoms with van der Waals surface area (Å²) < 4.78 is 32.7. The standard InChI is InChI=1S/C8H13Cl3N2O4S/c1-3-7(2)4-16-6(12-7)13-18(14,15)17-5-8(9,10)11/h3-5H2,1-2H3,(H,12,13)/t7-/m1/s1. The van der Waals surface area contributed by atoms with Crippen molar-refractivity contribution in [3.05, 3.63) is 0 Å². The van der Waals surface area contributed by atoms with Crippen LogP contribution in [0.1, 0.15) is 20.3 Å². The molecule has 0 spiro atoms.